The molecule has 2 saturated heterocycles. The van der Waals surface area contributed by atoms with E-state index in [9.17, 15) is 9.59 Å². The van der Waals surface area contributed by atoms with Crippen molar-refractivity contribution in [1.29, 1.82) is 0 Å². The van der Waals surface area contributed by atoms with Gasteiger partial charge in [0.2, 0.25) is 5.79 Å². The highest BCUT2D eigenvalue weighted by Crippen LogP contribution is 2.40. The van der Waals surface area contributed by atoms with Crippen LogP contribution in [0.2, 0.25) is 10.0 Å². The third-order valence-corrected chi connectivity index (χ3v) is 10.1. The fourth-order valence-electron chi connectivity index (χ4n) is 6.95. The fourth-order valence-corrected chi connectivity index (χ4v) is 7.50. The van der Waals surface area contributed by atoms with Gasteiger partial charge in [-0.05, 0) is 73.5 Å². The molecule has 2 aliphatic rings. The molecule has 0 amide bonds. The second kappa shape index (κ2) is 15.6. The van der Waals surface area contributed by atoms with Gasteiger partial charge in [-0.15, -0.1) is 0 Å². The van der Waals surface area contributed by atoms with E-state index in [2.05, 4.69) is 26.9 Å². The Morgan fingerprint density at radius 3 is 1.98 bits per heavy atom. The van der Waals surface area contributed by atoms with Crippen LogP contribution in [0.3, 0.4) is 0 Å². The van der Waals surface area contributed by atoms with Crippen molar-refractivity contribution in [2.75, 3.05) is 49.2 Å². The summed E-state index contributed by atoms with van der Waals surface area (Å²) in [4.78, 5) is 35.1. The van der Waals surface area contributed by atoms with Gasteiger partial charge in [0.15, 0.2) is 0 Å². The molecular formula is C38H43Cl2N7O5. The average Bonchev–Trinajstić information content (AvgIpc) is 3.88. The van der Waals surface area contributed by atoms with Crippen molar-refractivity contribution < 1.29 is 14.2 Å². The summed E-state index contributed by atoms with van der Waals surface area (Å²) in [5, 5.41) is 1.00. The number of hydrogen-bond donors (Lipinski definition) is 0. The van der Waals surface area contributed by atoms with E-state index in [0.29, 0.717) is 54.1 Å². The Morgan fingerprint density at radius 2 is 1.42 bits per heavy atom. The number of halogens is 2. The summed E-state index contributed by atoms with van der Waals surface area (Å²) in [6.07, 6.45) is 6.51. The van der Waals surface area contributed by atoms with Crippen molar-refractivity contribution >= 4 is 34.6 Å². The number of imidazole rings is 1. The lowest BCUT2D eigenvalue weighted by Crippen LogP contribution is -2.46. The summed E-state index contributed by atoms with van der Waals surface area (Å²) in [6, 6.07) is 21.1. The highest BCUT2D eigenvalue weighted by atomic mass is 35.5. The fraction of sp³-hybridized carbons (Fsp3) is 0.395. The first-order valence-corrected chi connectivity index (χ1v) is 18.5. The lowest BCUT2D eigenvalue weighted by molar-refractivity contribution is -0.189. The van der Waals surface area contributed by atoms with Crippen LogP contribution in [0.15, 0.2) is 95.0 Å². The molecule has 0 bridgehead atoms. The lowest BCUT2D eigenvalue weighted by Gasteiger charge is -2.37. The van der Waals surface area contributed by atoms with Crippen molar-refractivity contribution in [3.05, 3.63) is 122 Å². The molecule has 12 nitrogen and oxygen atoms in total. The van der Waals surface area contributed by atoms with Crippen molar-refractivity contribution in [1.82, 2.24) is 23.5 Å². The van der Waals surface area contributed by atoms with Crippen LogP contribution in [0.5, 0.6) is 5.75 Å². The third kappa shape index (κ3) is 7.38. The van der Waals surface area contributed by atoms with Gasteiger partial charge in [-0.25, -0.2) is 28.5 Å². The van der Waals surface area contributed by atoms with E-state index in [4.69, 9.17) is 37.4 Å². The Morgan fingerprint density at radius 1 is 0.827 bits per heavy atom. The number of nitrogens with zero attached hydrogens (tertiary/aromatic N) is 7. The molecule has 2 atom stereocenters. The van der Waals surface area contributed by atoms with Crippen LogP contribution in [0, 0.1) is 0 Å². The van der Waals surface area contributed by atoms with Gasteiger partial charge in [0, 0.05) is 73.6 Å². The number of hydrogen-bond acceptors (Lipinski definition) is 8. The van der Waals surface area contributed by atoms with Crippen LogP contribution < -0.4 is 25.9 Å². The third-order valence-electron chi connectivity index (χ3n) is 9.53. The first-order chi connectivity index (χ1) is 25.3. The van der Waals surface area contributed by atoms with E-state index in [-0.39, 0.29) is 17.5 Å². The van der Waals surface area contributed by atoms with Crippen LogP contribution in [-0.2, 0) is 34.9 Å². The Balaban J connectivity index is 0.938. The largest absolute Gasteiger partial charge is 0.491 e. The molecule has 14 heteroatoms. The van der Waals surface area contributed by atoms with Crippen LogP contribution in [0.1, 0.15) is 32.3 Å². The van der Waals surface area contributed by atoms with E-state index in [1.165, 1.54) is 4.57 Å². The molecule has 0 spiro atoms. The van der Waals surface area contributed by atoms with E-state index in [0.717, 1.165) is 56.1 Å². The molecule has 0 N–H and O–H groups in total. The Kier molecular flexibility index (Phi) is 10.8. The van der Waals surface area contributed by atoms with Crippen LogP contribution in [0.25, 0.3) is 5.69 Å². The molecule has 2 aromatic heterocycles. The van der Waals surface area contributed by atoms with Crippen molar-refractivity contribution in [2.45, 2.75) is 58.2 Å². The molecule has 0 aliphatic carbocycles. The Hall–Kier alpha value is -4.49. The van der Waals surface area contributed by atoms with E-state index in [1.54, 1.807) is 34.0 Å². The number of benzene rings is 3. The van der Waals surface area contributed by atoms with Crippen LogP contribution in [-0.4, -0.2) is 69.0 Å². The molecule has 0 radical (unpaired) electrons. The number of piperazine rings is 1. The van der Waals surface area contributed by atoms with Crippen molar-refractivity contribution in [2.24, 2.45) is 0 Å². The maximum atomic E-state index is 13.2. The quantitative estimate of drug-likeness (QED) is 0.149. The molecule has 52 heavy (non-hydrogen) atoms. The summed E-state index contributed by atoms with van der Waals surface area (Å²) in [7, 11) is 0. The Labute approximate surface area is 312 Å². The van der Waals surface area contributed by atoms with Gasteiger partial charge in [0.05, 0.1) is 30.2 Å². The predicted molar refractivity (Wildman–Crippen MR) is 202 cm³/mol. The van der Waals surface area contributed by atoms with Crippen molar-refractivity contribution in [3.8, 4) is 11.4 Å². The summed E-state index contributed by atoms with van der Waals surface area (Å²) < 4.78 is 25.3. The number of anilines is 2. The standard InChI is InChI=1S/C38H43Cl2N7O5/c1-3-16-45-36(48)47(37(49)46(45)17-4-2)31-8-6-29(7-9-31)43-19-21-44(22-20-43)30-10-12-32(13-11-30)50-24-33-25-51-38(52-33,26-42-18-15-41-27-42)34-14-5-28(39)23-35(34)40/h5-15,18,23,27,33H,3-4,16-17,19-22,24-26H2,1-2H3. The molecule has 7 rings (SSSR count). The number of ether oxygens (including phenoxy) is 3. The topological polar surface area (TPSA) is 101 Å². The Bertz CT molecular complexity index is 2030. The minimum Gasteiger partial charge on any atom is -0.491 e. The van der Waals surface area contributed by atoms with E-state index >= 15 is 0 Å². The molecule has 5 aromatic rings. The van der Waals surface area contributed by atoms with Gasteiger partial charge in [-0.3, -0.25) is 0 Å². The SMILES string of the molecule is CCCn1c(=O)n(-c2ccc(N3CCN(c4ccc(OCC5COC(Cn6ccnc6)(c6ccc(Cl)cc6Cl)O5)cc4)CC3)cc2)c(=O)n1CCC. The highest BCUT2D eigenvalue weighted by molar-refractivity contribution is 6.35. The number of rotatable bonds is 13. The zero-order chi connectivity index (χ0) is 36.2. The molecule has 0 saturated carbocycles. The second-order valence-electron chi connectivity index (χ2n) is 13.1. The van der Waals surface area contributed by atoms with Crippen molar-refractivity contribution in [3.63, 3.8) is 0 Å². The summed E-state index contributed by atoms with van der Waals surface area (Å²) >= 11 is 12.8. The lowest BCUT2D eigenvalue weighted by atomic mass is 10.1. The summed E-state index contributed by atoms with van der Waals surface area (Å²) in [5.74, 6) is -0.364. The summed E-state index contributed by atoms with van der Waals surface area (Å²) in [5.41, 5.74) is 2.89. The zero-order valence-electron chi connectivity index (χ0n) is 29.4. The summed E-state index contributed by atoms with van der Waals surface area (Å²) in [6.45, 7) is 9.42. The predicted octanol–water partition coefficient (Wildman–Crippen LogP) is 5.80. The average molecular weight is 749 g/mol. The van der Waals surface area contributed by atoms with E-state index < -0.39 is 5.79 Å². The molecule has 3 aromatic carbocycles. The molecule has 274 valence electrons. The maximum Gasteiger partial charge on any atom is 0.351 e. The number of aromatic nitrogens is 5. The molecule has 4 heterocycles. The molecule has 2 aliphatic heterocycles. The second-order valence-corrected chi connectivity index (χ2v) is 13.9. The molecule has 2 unspecified atom stereocenters. The van der Waals surface area contributed by atoms with Crippen LogP contribution in [0.4, 0.5) is 11.4 Å². The van der Waals surface area contributed by atoms with Gasteiger partial charge >= 0.3 is 11.4 Å². The smallest absolute Gasteiger partial charge is 0.351 e. The minimum absolute atomic E-state index is 0.290. The normalized spacial score (nSPS) is 19.0. The zero-order valence-corrected chi connectivity index (χ0v) is 30.9. The minimum atomic E-state index is -1.11. The monoisotopic (exact) mass is 747 g/mol. The molecule has 2 fully saturated rings. The van der Waals surface area contributed by atoms with Gasteiger partial charge < -0.3 is 28.6 Å². The van der Waals surface area contributed by atoms with Crippen LogP contribution >= 0.6 is 23.2 Å². The van der Waals surface area contributed by atoms with Gasteiger partial charge in [-0.1, -0.05) is 43.1 Å². The maximum absolute atomic E-state index is 13.2. The van der Waals surface area contributed by atoms with Gasteiger partial charge in [-0.2, -0.15) is 0 Å². The molecular weight excluding hydrogens is 705 g/mol. The van der Waals surface area contributed by atoms with Gasteiger partial charge in [0.25, 0.3) is 0 Å². The van der Waals surface area contributed by atoms with Gasteiger partial charge in [0.1, 0.15) is 18.5 Å². The first kappa shape index (κ1) is 35.9. The highest BCUT2D eigenvalue weighted by Gasteiger charge is 2.45. The van der Waals surface area contributed by atoms with E-state index in [1.807, 2.05) is 67.1 Å². The first-order valence-electron chi connectivity index (χ1n) is 17.8.